The highest BCUT2D eigenvalue weighted by atomic mass is 32.1. The molecule has 2 aliphatic rings. The van der Waals surface area contributed by atoms with E-state index < -0.39 is 0 Å². The first-order valence-corrected chi connectivity index (χ1v) is 9.50. The number of hydrogen-bond acceptors (Lipinski definition) is 8. The van der Waals surface area contributed by atoms with E-state index in [0.717, 1.165) is 45.5 Å². The summed E-state index contributed by atoms with van der Waals surface area (Å²) in [5.41, 5.74) is 12.3. The third kappa shape index (κ3) is 2.78. The van der Waals surface area contributed by atoms with Crippen molar-refractivity contribution in [3.05, 3.63) is 58.6 Å². The molecule has 3 heterocycles. The first-order chi connectivity index (χ1) is 13.2. The second kappa shape index (κ2) is 6.24. The van der Waals surface area contributed by atoms with Gasteiger partial charge in [-0.3, -0.25) is 0 Å². The van der Waals surface area contributed by atoms with Crippen molar-refractivity contribution >= 4 is 27.9 Å². The highest BCUT2D eigenvalue weighted by Crippen LogP contribution is 2.38. The molecule has 0 fully saturated rings. The molecule has 8 heteroatoms. The Balaban J connectivity index is 1.71. The monoisotopic (exact) mass is 379 g/mol. The van der Waals surface area contributed by atoms with Crippen LogP contribution in [0, 0.1) is 0 Å². The summed E-state index contributed by atoms with van der Waals surface area (Å²) in [5.74, 6) is 1.52. The van der Waals surface area contributed by atoms with Crippen LogP contribution in [0.15, 0.2) is 47.0 Å². The molecule has 2 aliphatic heterocycles. The van der Waals surface area contributed by atoms with Gasteiger partial charge in [-0.15, -0.1) is 10.2 Å². The van der Waals surface area contributed by atoms with E-state index in [1.807, 2.05) is 35.3 Å². The number of rotatable bonds is 2. The van der Waals surface area contributed by atoms with Crippen LogP contribution in [0.5, 0.6) is 11.5 Å². The smallest absolute Gasteiger partial charge is 0.231 e. The summed E-state index contributed by atoms with van der Waals surface area (Å²) in [5, 5.41) is 15.9. The summed E-state index contributed by atoms with van der Waals surface area (Å²) in [4.78, 5) is 0. The number of nitrogens with two attached hydrogens (primary N) is 1. The van der Waals surface area contributed by atoms with Crippen LogP contribution >= 0.6 is 11.3 Å². The van der Waals surface area contributed by atoms with Crippen LogP contribution in [-0.2, 0) is 6.42 Å². The fraction of sp³-hybridized carbons (Fsp3) is 0.211. The van der Waals surface area contributed by atoms with E-state index >= 15 is 0 Å². The highest BCUT2D eigenvalue weighted by Gasteiger charge is 2.28. The SMILES string of the molecule is C[C@@H]1Cc2cc3c(cc2C(c2ccc(N)cc2)=NN1c1nncs1)OCO3. The average Bonchev–Trinajstić information content (AvgIpc) is 3.32. The topological polar surface area (TPSA) is 85.9 Å². The largest absolute Gasteiger partial charge is 0.454 e. The summed E-state index contributed by atoms with van der Waals surface area (Å²) >= 11 is 1.47. The number of nitrogen functional groups attached to an aromatic ring is 1. The molecule has 1 aromatic heterocycles. The molecule has 0 radical (unpaired) electrons. The Morgan fingerprint density at radius 1 is 1.15 bits per heavy atom. The molecule has 7 nitrogen and oxygen atoms in total. The van der Waals surface area contributed by atoms with Crippen molar-refractivity contribution < 1.29 is 9.47 Å². The minimum absolute atomic E-state index is 0.114. The van der Waals surface area contributed by atoms with Gasteiger partial charge < -0.3 is 15.2 Å². The Kier molecular flexibility index (Phi) is 3.71. The zero-order chi connectivity index (χ0) is 18.4. The van der Waals surface area contributed by atoms with E-state index in [2.05, 4.69) is 23.2 Å². The van der Waals surface area contributed by atoms with Gasteiger partial charge in [0.2, 0.25) is 11.9 Å². The third-order valence-electron chi connectivity index (χ3n) is 4.72. The second-order valence-corrected chi connectivity index (χ2v) is 7.36. The van der Waals surface area contributed by atoms with Crippen LogP contribution in [0.3, 0.4) is 0 Å². The molecule has 27 heavy (non-hydrogen) atoms. The Morgan fingerprint density at radius 2 is 1.93 bits per heavy atom. The van der Waals surface area contributed by atoms with E-state index in [1.165, 1.54) is 11.3 Å². The van der Waals surface area contributed by atoms with E-state index in [1.54, 1.807) is 5.51 Å². The summed E-state index contributed by atoms with van der Waals surface area (Å²) in [7, 11) is 0. The van der Waals surface area contributed by atoms with Crippen LogP contribution in [0.25, 0.3) is 0 Å². The highest BCUT2D eigenvalue weighted by molar-refractivity contribution is 7.13. The second-order valence-electron chi connectivity index (χ2n) is 6.55. The third-order valence-corrected chi connectivity index (χ3v) is 5.40. The summed E-state index contributed by atoms with van der Waals surface area (Å²) in [6.07, 6.45) is 0.799. The maximum atomic E-state index is 5.88. The van der Waals surface area contributed by atoms with Crippen LogP contribution in [-0.4, -0.2) is 28.7 Å². The van der Waals surface area contributed by atoms with Gasteiger partial charge in [0.05, 0.1) is 11.8 Å². The summed E-state index contributed by atoms with van der Waals surface area (Å²) < 4.78 is 11.2. The average molecular weight is 379 g/mol. The molecule has 5 rings (SSSR count). The van der Waals surface area contributed by atoms with Crippen molar-refractivity contribution in [2.75, 3.05) is 17.5 Å². The standard InChI is InChI=1S/C19H17N5O2S/c1-11-6-13-7-16-17(26-10-25-16)8-15(13)18(12-2-4-14(20)5-3-12)23-24(11)19-22-21-9-27-19/h2-5,7-9,11H,6,10,20H2,1H3/t11-/m1/s1. The number of aromatic nitrogens is 2. The van der Waals surface area contributed by atoms with Crippen molar-refractivity contribution in [1.29, 1.82) is 0 Å². The number of fused-ring (bicyclic) bond motifs is 2. The maximum absolute atomic E-state index is 5.88. The van der Waals surface area contributed by atoms with E-state index in [-0.39, 0.29) is 12.8 Å². The lowest BCUT2D eigenvalue weighted by Gasteiger charge is -2.21. The minimum atomic E-state index is 0.114. The fourth-order valence-electron chi connectivity index (χ4n) is 3.39. The molecule has 2 aromatic carbocycles. The number of anilines is 2. The van der Waals surface area contributed by atoms with E-state index in [9.17, 15) is 0 Å². The van der Waals surface area contributed by atoms with Crippen molar-refractivity contribution in [2.24, 2.45) is 5.10 Å². The van der Waals surface area contributed by atoms with Gasteiger partial charge in [-0.2, -0.15) is 5.10 Å². The summed E-state index contributed by atoms with van der Waals surface area (Å²) in [6, 6.07) is 11.9. The lowest BCUT2D eigenvalue weighted by atomic mass is 9.94. The predicted molar refractivity (Wildman–Crippen MR) is 105 cm³/mol. The predicted octanol–water partition coefficient (Wildman–Crippen LogP) is 3.05. The lowest BCUT2D eigenvalue weighted by Crippen LogP contribution is -2.29. The van der Waals surface area contributed by atoms with Gasteiger partial charge in [-0.1, -0.05) is 23.5 Å². The molecule has 136 valence electrons. The van der Waals surface area contributed by atoms with E-state index in [0.29, 0.717) is 5.69 Å². The van der Waals surface area contributed by atoms with Gasteiger partial charge >= 0.3 is 0 Å². The van der Waals surface area contributed by atoms with Gasteiger partial charge in [0.25, 0.3) is 0 Å². The van der Waals surface area contributed by atoms with Crippen LogP contribution in [0.4, 0.5) is 10.8 Å². The van der Waals surface area contributed by atoms with Gasteiger partial charge in [-0.05, 0) is 43.2 Å². The van der Waals surface area contributed by atoms with Crippen LogP contribution in [0.1, 0.15) is 23.6 Å². The quantitative estimate of drug-likeness (QED) is 0.689. The molecule has 0 unspecified atom stereocenters. The molecule has 0 saturated carbocycles. The number of benzene rings is 2. The van der Waals surface area contributed by atoms with Gasteiger partial charge in [-0.25, -0.2) is 5.01 Å². The molecule has 2 N–H and O–H groups in total. The molecule has 3 aromatic rings. The number of hydrogen-bond donors (Lipinski definition) is 1. The molecule has 0 amide bonds. The first kappa shape index (κ1) is 16.1. The zero-order valence-electron chi connectivity index (χ0n) is 14.6. The normalized spacial score (nSPS) is 18.0. The number of ether oxygens (including phenoxy) is 2. The van der Waals surface area contributed by atoms with Crippen molar-refractivity contribution in [3.63, 3.8) is 0 Å². The Bertz CT molecular complexity index is 1020. The molecule has 1 atom stereocenters. The Morgan fingerprint density at radius 3 is 2.67 bits per heavy atom. The van der Waals surface area contributed by atoms with Crippen molar-refractivity contribution in [1.82, 2.24) is 10.2 Å². The molecule has 0 bridgehead atoms. The van der Waals surface area contributed by atoms with E-state index in [4.69, 9.17) is 20.3 Å². The first-order valence-electron chi connectivity index (χ1n) is 8.62. The van der Waals surface area contributed by atoms with Crippen LogP contribution < -0.4 is 20.2 Å². The Hall–Kier alpha value is -3.13. The zero-order valence-corrected chi connectivity index (χ0v) is 15.4. The minimum Gasteiger partial charge on any atom is -0.454 e. The van der Waals surface area contributed by atoms with Gasteiger partial charge in [0.15, 0.2) is 11.5 Å². The number of nitrogens with zero attached hydrogens (tertiary/aromatic N) is 4. The van der Waals surface area contributed by atoms with Crippen molar-refractivity contribution in [3.8, 4) is 11.5 Å². The lowest BCUT2D eigenvalue weighted by molar-refractivity contribution is 0.174. The van der Waals surface area contributed by atoms with Crippen LogP contribution in [0.2, 0.25) is 0 Å². The van der Waals surface area contributed by atoms with Crippen molar-refractivity contribution in [2.45, 2.75) is 19.4 Å². The van der Waals surface area contributed by atoms with Gasteiger partial charge in [0.1, 0.15) is 5.51 Å². The fourth-order valence-corrected chi connectivity index (χ4v) is 4.00. The molecule has 0 aliphatic carbocycles. The Labute approximate surface area is 160 Å². The summed E-state index contributed by atoms with van der Waals surface area (Å²) in [6.45, 7) is 2.38. The maximum Gasteiger partial charge on any atom is 0.231 e. The molecule has 0 spiro atoms. The van der Waals surface area contributed by atoms with Gasteiger partial charge in [0, 0.05) is 16.8 Å². The number of hydrazone groups is 1. The molecule has 0 saturated heterocycles. The molecular formula is C19H17N5O2S. The molecular weight excluding hydrogens is 362 g/mol.